The summed E-state index contributed by atoms with van der Waals surface area (Å²) in [5.41, 5.74) is 5.21. The highest BCUT2D eigenvalue weighted by Crippen LogP contribution is 2.80. The molecule has 7 nitrogen and oxygen atoms in total. The third kappa shape index (κ3) is 2.38. The normalized spacial score (nSPS) is 32.8. The molecule has 172 valence electrons. The number of benzene rings is 1. The highest BCUT2D eigenvalue weighted by atomic mass is 32.1. The summed E-state index contributed by atoms with van der Waals surface area (Å²) in [4.78, 5) is 11.4. The van der Waals surface area contributed by atoms with E-state index in [9.17, 15) is 0 Å². The Labute approximate surface area is 199 Å². The Morgan fingerprint density at radius 3 is 2.88 bits per heavy atom. The van der Waals surface area contributed by atoms with Gasteiger partial charge in [-0.1, -0.05) is 6.42 Å². The SMILES string of the molecule is CN(c1ncc(-c2cc(F)c(-c3cn[nH]c3)c3ncsc23)nn1)C1[C@@H]2C[C@H]3CC[C@@H]4CC12C4C3. The summed E-state index contributed by atoms with van der Waals surface area (Å²) in [5, 5.41) is 15.7. The molecule has 3 unspecified atom stereocenters. The molecule has 1 N–H and O–H groups in total. The van der Waals surface area contributed by atoms with Crippen molar-refractivity contribution in [2.24, 2.45) is 29.1 Å². The molecule has 8 rings (SSSR count). The van der Waals surface area contributed by atoms with Gasteiger partial charge in [-0.05, 0) is 60.8 Å². The fraction of sp³-hybridized carbons (Fsp3) is 0.480. The zero-order valence-electron chi connectivity index (χ0n) is 18.8. The fourth-order valence-electron chi connectivity index (χ4n) is 8.03. The second-order valence-electron chi connectivity index (χ2n) is 10.7. The van der Waals surface area contributed by atoms with Crippen LogP contribution < -0.4 is 4.90 Å². The molecule has 0 aliphatic heterocycles. The van der Waals surface area contributed by atoms with E-state index in [1.54, 1.807) is 24.1 Å². The number of aromatic nitrogens is 6. The first-order valence-electron chi connectivity index (χ1n) is 12.1. The lowest BCUT2D eigenvalue weighted by Gasteiger charge is -2.55. The van der Waals surface area contributed by atoms with Crippen molar-refractivity contribution in [3.05, 3.63) is 36.0 Å². The van der Waals surface area contributed by atoms with Crippen LogP contribution in [0.4, 0.5) is 10.3 Å². The van der Waals surface area contributed by atoms with Crippen molar-refractivity contribution in [3.63, 3.8) is 0 Å². The number of aromatic amines is 1. The second-order valence-corrected chi connectivity index (χ2v) is 11.6. The Bertz CT molecular complexity index is 1410. The molecule has 4 saturated carbocycles. The predicted octanol–water partition coefficient (Wildman–Crippen LogP) is 4.94. The van der Waals surface area contributed by atoms with E-state index in [4.69, 9.17) is 4.98 Å². The average molecular weight is 474 g/mol. The fourth-order valence-corrected chi connectivity index (χ4v) is 8.85. The van der Waals surface area contributed by atoms with Crippen LogP contribution in [0, 0.1) is 34.9 Å². The smallest absolute Gasteiger partial charge is 0.245 e. The highest BCUT2D eigenvalue weighted by molar-refractivity contribution is 7.17. The Kier molecular flexibility index (Phi) is 3.76. The van der Waals surface area contributed by atoms with E-state index < -0.39 is 0 Å². The third-order valence-electron chi connectivity index (χ3n) is 9.41. The molecule has 4 aliphatic rings. The molecular weight excluding hydrogens is 449 g/mol. The minimum atomic E-state index is -0.357. The number of H-pyrrole nitrogens is 1. The Morgan fingerprint density at radius 1 is 1.15 bits per heavy atom. The number of rotatable bonds is 4. The van der Waals surface area contributed by atoms with Crippen LogP contribution in [0.5, 0.6) is 0 Å². The van der Waals surface area contributed by atoms with Crippen LogP contribution in [0.15, 0.2) is 30.2 Å². The molecule has 1 spiro atoms. The molecule has 4 aromatic rings. The van der Waals surface area contributed by atoms with Crippen molar-refractivity contribution < 1.29 is 4.39 Å². The lowest BCUT2D eigenvalue weighted by Crippen LogP contribution is -2.49. The van der Waals surface area contributed by atoms with Crippen LogP contribution in [-0.2, 0) is 0 Å². The van der Waals surface area contributed by atoms with Gasteiger partial charge in [0, 0.05) is 36.0 Å². The van der Waals surface area contributed by atoms with Crippen LogP contribution in [0.25, 0.3) is 32.6 Å². The largest absolute Gasteiger partial charge is 0.339 e. The van der Waals surface area contributed by atoms with Crippen LogP contribution in [0.3, 0.4) is 0 Å². The third-order valence-corrected chi connectivity index (χ3v) is 10.3. The molecule has 3 heterocycles. The summed E-state index contributed by atoms with van der Waals surface area (Å²) in [6, 6.07) is 2.06. The predicted molar refractivity (Wildman–Crippen MR) is 128 cm³/mol. The van der Waals surface area contributed by atoms with E-state index in [1.807, 2.05) is 0 Å². The second kappa shape index (κ2) is 6.59. The van der Waals surface area contributed by atoms with Crippen molar-refractivity contribution >= 4 is 27.5 Å². The van der Waals surface area contributed by atoms with Crippen molar-refractivity contribution in [1.82, 2.24) is 30.4 Å². The Hall–Kier alpha value is -2.94. The zero-order valence-corrected chi connectivity index (χ0v) is 19.6. The number of halogens is 1. The standard InChI is InChI=1S/C25H24FN7S/c1-33(23-17-5-12-2-3-13-7-25(17,23)16(13)4-12)24-27-10-19(31-32-24)15-6-18(26)20(14-8-29-30-9-14)21-22(15)34-11-28-21/h6,8-13,16-17,23H,2-5,7H2,1H3,(H,29,30)/t12-,13+,16?,17-,23?,25?/m0/s1. The quantitative estimate of drug-likeness (QED) is 0.452. The maximum absolute atomic E-state index is 15.2. The molecule has 0 radical (unpaired) electrons. The summed E-state index contributed by atoms with van der Waals surface area (Å²) >= 11 is 1.47. The van der Waals surface area contributed by atoms with Crippen LogP contribution >= 0.6 is 11.3 Å². The molecule has 34 heavy (non-hydrogen) atoms. The van der Waals surface area contributed by atoms with Gasteiger partial charge in [0.2, 0.25) is 5.95 Å². The van der Waals surface area contributed by atoms with Gasteiger partial charge in [0.25, 0.3) is 0 Å². The highest BCUT2D eigenvalue weighted by Gasteiger charge is 2.78. The van der Waals surface area contributed by atoms with E-state index in [2.05, 4.69) is 37.3 Å². The minimum absolute atomic E-state index is 0.357. The molecule has 4 aliphatic carbocycles. The lowest BCUT2D eigenvalue weighted by molar-refractivity contribution is -0.0574. The van der Waals surface area contributed by atoms with Crippen molar-refractivity contribution in [2.75, 3.05) is 11.9 Å². The molecule has 6 atom stereocenters. The van der Waals surface area contributed by atoms with Gasteiger partial charge in [-0.25, -0.2) is 14.4 Å². The van der Waals surface area contributed by atoms with E-state index in [1.165, 1.54) is 49.5 Å². The molecule has 9 heteroatoms. The van der Waals surface area contributed by atoms with Gasteiger partial charge in [0.05, 0.1) is 28.1 Å². The Morgan fingerprint density at radius 2 is 2.06 bits per heavy atom. The number of nitrogens with zero attached hydrogens (tertiary/aromatic N) is 6. The first-order valence-corrected chi connectivity index (χ1v) is 13.0. The van der Waals surface area contributed by atoms with Gasteiger partial charge in [0.1, 0.15) is 11.5 Å². The first-order chi connectivity index (χ1) is 16.6. The van der Waals surface area contributed by atoms with Crippen molar-refractivity contribution in [3.8, 4) is 22.4 Å². The average Bonchev–Trinajstić information content (AvgIpc) is 3.21. The minimum Gasteiger partial charge on any atom is -0.339 e. The van der Waals surface area contributed by atoms with Crippen LogP contribution in [-0.4, -0.2) is 43.5 Å². The van der Waals surface area contributed by atoms with Gasteiger partial charge in [-0.3, -0.25) is 5.10 Å². The monoisotopic (exact) mass is 473 g/mol. The molecule has 3 aromatic heterocycles. The summed E-state index contributed by atoms with van der Waals surface area (Å²) in [6.07, 6.45) is 12.1. The van der Waals surface area contributed by atoms with Gasteiger partial charge >= 0.3 is 0 Å². The molecule has 0 amide bonds. The van der Waals surface area contributed by atoms with Crippen LogP contribution in [0.2, 0.25) is 0 Å². The summed E-state index contributed by atoms with van der Waals surface area (Å²) < 4.78 is 16.1. The van der Waals surface area contributed by atoms with Gasteiger partial charge in [-0.2, -0.15) is 5.10 Å². The van der Waals surface area contributed by atoms with E-state index in [-0.39, 0.29) is 5.82 Å². The van der Waals surface area contributed by atoms with Crippen LogP contribution in [0.1, 0.15) is 32.1 Å². The van der Waals surface area contributed by atoms with E-state index in [0.717, 1.165) is 28.4 Å². The molecule has 1 aromatic carbocycles. The summed E-state index contributed by atoms with van der Waals surface area (Å²) in [6.45, 7) is 0. The number of fused-ring (bicyclic) bond motifs is 2. The Balaban J connectivity index is 1.12. The first kappa shape index (κ1) is 19.4. The number of hydrogen-bond acceptors (Lipinski definition) is 7. The van der Waals surface area contributed by atoms with Crippen molar-refractivity contribution in [1.29, 1.82) is 0 Å². The summed E-state index contributed by atoms with van der Waals surface area (Å²) in [7, 11) is 2.13. The maximum Gasteiger partial charge on any atom is 0.245 e. The molecule has 4 fully saturated rings. The van der Waals surface area contributed by atoms with Crippen molar-refractivity contribution in [2.45, 2.75) is 38.1 Å². The van der Waals surface area contributed by atoms with E-state index >= 15 is 4.39 Å². The maximum atomic E-state index is 15.2. The number of anilines is 1. The zero-order chi connectivity index (χ0) is 22.6. The van der Waals surface area contributed by atoms with Gasteiger partial charge in [0.15, 0.2) is 0 Å². The molecule has 0 saturated heterocycles. The number of thiazole rings is 1. The molecular formula is C25H24FN7S. The summed E-state index contributed by atoms with van der Waals surface area (Å²) in [5.74, 6) is 3.92. The lowest BCUT2D eigenvalue weighted by atomic mass is 9.50. The van der Waals surface area contributed by atoms with Gasteiger partial charge in [-0.15, -0.1) is 21.5 Å². The van der Waals surface area contributed by atoms with Gasteiger partial charge < -0.3 is 4.90 Å². The topological polar surface area (TPSA) is 83.5 Å². The molecule has 2 bridgehead atoms. The van der Waals surface area contributed by atoms with E-state index in [0.29, 0.717) is 45.3 Å². The number of nitrogens with one attached hydrogen (secondary N) is 1. The number of hydrogen-bond donors (Lipinski definition) is 1.